The van der Waals surface area contributed by atoms with Crippen LogP contribution in [0.5, 0.6) is 0 Å². The maximum atomic E-state index is 12.2. The van der Waals surface area contributed by atoms with E-state index in [0.29, 0.717) is 18.2 Å². The molecule has 2 N–H and O–H groups in total. The smallest absolute Gasteiger partial charge is 0.269 e. The van der Waals surface area contributed by atoms with Gasteiger partial charge in [0, 0.05) is 30.7 Å². The molecule has 0 bridgehead atoms. The fraction of sp³-hybridized carbons (Fsp3) is 0.368. The van der Waals surface area contributed by atoms with Crippen LogP contribution in [-0.2, 0) is 0 Å². The fourth-order valence-electron chi connectivity index (χ4n) is 2.39. The number of anilines is 2. The van der Waals surface area contributed by atoms with Crippen molar-refractivity contribution in [2.24, 2.45) is 0 Å². The molecule has 1 amide bonds. The summed E-state index contributed by atoms with van der Waals surface area (Å²) in [6.45, 7) is 5.72. The Bertz CT molecular complexity index is 683. The molecule has 0 saturated carbocycles. The minimum atomic E-state index is -0.155. The molecule has 2 aromatic rings. The molecule has 0 radical (unpaired) electrons. The number of aromatic nitrogens is 1. The highest BCUT2D eigenvalue weighted by molar-refractivity contribution is 5.93. The molecule has 24 heavy (non-hydrogen) atoms. The van der Waals surface area contributed by atoms with Crippen molar-refractivity contribution in [3.8, 4) is 0 Å². The summed E-state index contributed by atoms with van der Waals surface area (Å²) in [5.41, 5.74) is 3.57. The summed E-state index contributed by atoms with van der Waals surface area (Å²) in [5, 5.41) is 6.28. The third-order valence-corrected chi connectivity index (χ3v) is 3.70. The molecule has 0 aliphatic carbocycles. The molecular weight excluding hydrogens is 300 g/mol. The number of carbonyl (C=O) groups excluding carboxylic acids is 1. The molecule has 0 saturated heterocycles. The van der Waals surface area contributed by atoms with E-state index in [9.17, 15) is 4.79 Å². The van der Waals surface area contributed by atoms with E-state index in [1.807, 2.05) is 43.3 Å². The Morgan fingerprint density at radius 3 is 2.67 bits per heavy atom. The van der Waals surface area contributed by atoms with E-state index in [2.05, 4.69) is 35.5 Å². The molecule has 0 aliphatic heterocycles. The van der Waals surface area contributed by atoms with Gasteiger partial charge in [0.1, 0.15) is 5.69 Å². The van der Waals surface area contributed by atoms with Gasteiger partial charge in [-0.05, 0) is 43.8 Å². The normalized spacial score (nSPS) is 10.9. The van der Waals surface area contributed by atoms with Gasteiger partial charge in [-0.15, -0.1) is 0 Å². The SMILES string of the molecule is CC(C)c1ccccc1Nc1ccnc(C(=O)NCCN(C)C)c1. The second-order valence-corrected chi connectivity index (χ2v) is 6.36. The Balaban J connectivity index is 2.09. The maximum Gasteiger partial charge on any atom is 0.269 e. The molecule has 1 aromatic carbocycles. The molecule has 0 aliphatic rings. The number of nitrogens with zero attached hydrogens (tertiary/aromatic N) is 2. The first-order valence-electron chi connectivity index (χ1n) is 8.22. The number of amides is 1. The molecule has 0 atom stereocenters. The molecule has 0 unspecified atom stereocenters. The van der Waals surface area contributed by atoms with Crippen molar-refractivity contribution in [3.05, 3.63) is 53.9 Å². The van der Waals surface area contributed by atoms with Gasteiger partial charge in [0.2, 0.25) is 0 Å². The third-order valence-electron chi connectivity index (χ3n) is 3.70. The highest BCUT2D eigenvalue weighted by atomic mass is 16.1. The number of para-hydroxylation sites is 1. The van der Waals surface area contributed by atoms with Crippen molar-refractivity contribution in [1.82, 2.24) is 15.2 Å². The van der Waals surface area contributed by atoms with Gasteiger partial charge in [0.25, 0.3) is 5.91 Å². The molecule has 5 heteroatoms. The van der Waals surface area contributed by atoms with Crippen molar-refractivity contribution >= 4 is 17.3 Å². The summed E-state index contributed by atoms with van der Waals surface area (Å²) in [4.78, 5) is 18.4. The highest BCUT2D eigenvalue weighted by Crippen LogP contribution is 2.26. The molecule has 5 nitrogen and oxygen atoms in total. The Labute approximate surface area is 144 Å². The molecular formula is C19H26N4O. The number of pyridine rings is 1. The van der Waals surface area contributed by atoms with Crippen LogP contribution in [0.1, 0.15) is 35.8 Å². The third kappa shape index (κ3) is 5.06. The summed E-state index contributed by atoms with van der Waals surface area (Å²) in [5.74, 6) is 0.266. The van der Waals surface area contributed by atoms with Crippen LogP contribution >= 0.6 is 0 Å². The van der Waals surface area contributed by atoms with Crippen LogP contribution in [0.2, 0.25) is 0 Å². The predicted molar refractivity (Wildman–Crippen MR) is 98.9 cm³/mol. The van der Waals surface area contributed by atoms with Crippen LogP contribution in [0.3, 0.4) is 0 Å². The quantitative estimate of drug-likeness (QED) is 0.820. The topological polar surface area (TPSA) is 57.3 Å². The van der Waals surface area contributed by atoms with Gasteiger partial charge in [0.05, 0.1) is 0 Å². The van der Waals surface area contributed by atoms with Crippen LogP contribution in [0.25, 0.3) is 0 Å². The standard InChI is InChI=1S/C19H26N4O/c1-14(2)16-7-5-6-8-17(16)22-15-9-10-20-18(13-15)19(24)21-11-12-23(3)4/h5-10,13-14H,11-12H2,1-4H3,(H,20,22)(H,21,24). The second kappa shape index (κ2) is 8.45. The van der Waals surface area contributed by atoms with Gasteiger partial charge < -0.3 is 15.5 Å². The van der Waals surface area contributed by atoms with Crippen LogP contribution in [0.15, 0.2) is 42.6 Å². The number of likely N-dealkylation sites (N-methyl/N-ethyl adjacent to an activating group) is 1. The van der Waals surface area contributed by atoms with E-state index in [0.717, 1.165) is 17.9 Å². The van der Waals surface area contributed by atoms with Crippen molar-refractivity contribution in [1.29, 1.82) is 0 Å². The lowest BCUT2D eigenvalue weighted by atomic mass is 10.0. The Kier molecular flexibility index (Phi) is 6.32. The first-order chi connectivity index (χ1) is 11.5. The summed E-state index contributed by atoms with van der Waals surface area (Å²) in [6.07, 6.45) is 1.65. The van der Waals surface area contributed by atoms with Gasteiger partial charge in [-0.25, -0.2) is 0 Å². The lowest BCUT2D eigenvalue weighted by Crippen LogP contribution is -2.31. The van der Waals surface area contributed by atoms with E-state index in [1.165, 1.54) is 5.56 Å². The minimum absolute atomic E-state index is 0.155. The van der Waals surface area contributed by atoms with Crippen LogP contribution in [-0.4, -0.2) is 43.0 Å². The van der Waals surface area contributed by atoms with Gasteiger partial charge in [-0.1, -0.05) is 32.0 Å². The first kappa shape index (κ1) is 17.9. The molecule has 0 fully saturated rings. The van der Waals surface area contributed by atoms with E-state index in [-0.39, 0.29) is 5.91 Å². The van der Waals surface area contributed by atoms with Gasteiger partial charge in [-0.3, -0.25) is 9.78 Å². The lowest BCUT2D eigenvalue weighted by molar-refractivity contribution is 0.0946. The van der Waals surface area contributed by atoms with Crippen molar-refractivity contribution < 1.29 is 4.79 Å². The van der Waals surface area contributed by atoms with Gasteiger partial charge >= 0.3 is 0 Å². The number of nitrogens with one attached hydrogen (secondary N) is 2. The number of benzene rings is 1. The van der Waals surface area contributed by atoms with Crippen LogP contribution in [0, 0.1) is 0 Å². The number of carbonyl (C=O) groups is 1. The summed E-state index contributed by atoms with van der Waals surface area (Å²) < 4.78 is 0. The number of hydrogen-bond donors (Lipinski definition) is 2. The largest absolute Gasteiger partial charge is 0.355 e. The van der Waals surface area contributed by atoms with E-state index >= 15 is 0 Å². The van der Waals surface area contributed by atoms with Crippen LogP contribution in [0.4, 0.5) is 11.4 Å². The molecule has 1 aromatic heterocycles. The summed E-state index contributed by atoms with van der Waals surface area (Å²) in [7, 11) is 3.95. The molecule has 2 rings (SSSR count). The first-order valence-corrected chi connectivity index (χ1v) is 8.22. The average Bonchev–Trinajstić information content (AvgIpc) is 2.55. The van der Waals surface area contributed by atoms with E-state index in [4.69, 9.17) is 0 Å². The summed E-state index contributed by atoms with van der Waals surface area (Å²) in [6, 6.07) is 11.9. The zero-order valence-corrected chi connectivity index (χ0v) is 14.8. The highest BCUT2D eigenvalue weighted by Gasteiger charge is 2.10. The van der Waals surface area contributed by atoms with Crippen molar-refractivity contribution in [3.63, 3.8) is 0 Å². The fourth-order valence-corrected chi connectivity index (χ4v) is 2.39. The second-order valence-electron chi connectivity index (χ2n) is 6.36. The molecule has 1 heterocycles. The maximum absolute atomic E-state index is 12.2. The van der Waals surface area contributed by atoms with E-state index in [1.54, 1.807) is 12.3 Å². The van der Waals surface area contributed by atoms with Gasteiger partial charge in [-0.2, -0.15) is 0 Å². The van der Waals surface area contributed by atoms with E-state index < -0.39 is 0 Å². The summed E-state index contributed by atoms with van der Waals surface area (Å²) >= 11 is 0. The Morgan fingerprint density at radius 2 is 1.96 bits per heavy atom. The number of rotatable bonds is 7. The molecule has 0 spiro atoms. The average molecular weight is 326 g/mol. The zero-order valence-electron chi connectivity index (χ0n) is 14.8. The molecule has 128 valence electrons. The Morgan fingerprint density at radius 1 is 1.21 bits per heavy atom. The van der Waals surface area contributed by atoms with Crippen LogP contribution < -0.4 is 10.6 Å². The monoisotopic (exact) mass is 326 g/mol. The predicted octanol–water partition coefficient (Wildman–Crippen LogP) is 3.24. The van der Waals surface area contributed by atoms with Gasteiger partial charge in [0.15, 0.2) is 0 Å². The zero-order chi connectivity index (χ0) is 17.5. The Hall–Kier alpha value is -2.40. The van der Waals surface area contributed by atoms with Crippen molar-refractivity contribution in [2.45, 2.75) is 19.8 Å². The minimum Gasteiger partial charge on any atom is -0.355 e. The van der Waals surface area contributed by atoms with Crippen molar-refractivity contribution in [2.75, 3.05) is 32.5 Å². The number of hydrogen-bond acceptors (Lipinski definition) is 4. The lowest BCUT2D eigenvalue weighted by Gasteiger charge is -2.15.